The lowest BCUT2D eigenvalue weighted by Gasteiger charge is -2.54. The molecule has 2 fully saturated rings. The Morgan fingerprint density at radius 2 is 2.00 bits per heavy atom. The van der Waals surface area contributed by atoms with Gasteiger partial charge >= 0.3 is 12.6 Å². The smallest absolute Gasteiger partial charge is 0.387 e. The Bertz CT molecular complexity index is 880. The first-order valence-electron chi connectivity index (χ1n) is 9.38. The highest BCUT2D eigenvalue weighted by atomic mass is 19.3. The number of aryl methyl sites for hydroxylation is 1. The number of halogens is 2. The van der Waals surface area contributed by atoms with Crippen LogP contribution in [0.15, 0.2) is 30.5 Å². The molecule has 2 unspecified atom stereocenters. The van der Waals surface area contributed by atoms with Gasteiger partial charge in [-0.3, -0.25) is 0 Å². The van der Waals surface area contributed by atoms with Crippen molar-refractivity contribution in [1.82, 2.24) is 15.1 Å². The molecule has 3 heterocycles. The average molecular weight is 388 g/mol. The molecule has 8 heteroatoms. The average Bonchev–Trinajstić information content (AvgIpc) is 2.62. The van der Waals surface area contributed by atoms with Crippen LogP contribution in [0.3, 0.4) is 0 Å². The number of carbonyl (C=O) groups is 1. The molecule has 0 spiro atoms. The lowest BCUT2D eigenvalue weighted by Crippen LogP contribution is -2.63. The molecule has 0 saturated carbocycles. The monoisotopic (exact) mass is 388 g/mol. The van der Waals surface area contributed by atoms with E-state index in [0.717, 1.165) is 31.0 Å². The second-order valence-corrected chi connectivity index (χ2v) is 7.64. The molecule has 2 aliphatic rings. The number of ether oxygens (including phenoxy) is 1. The minimum absolute atomic E-state index is 0.0589. The Morgan fingerprint density at radius 1 is 1.25 bits per heavy atom. The summed E-state index contributed by atoms with van der Waals surface area (Å²) in [5.41, 5.74) is 2.62. The second kappa shape index (κ2) is 7.33. The topological polar surface area (TPSA) is 67.4 Å². The summed E-state index contributed by atoms with van der Waals surface area (Å²) in [5, 5.41) is 10.7. The zero-order chi connectivity index (χ0) is 19.8. The molecule has 28 heavy (non-hydrogen) atoms. The minimum atomic E-state index is -2.93. The van der Waals surface area contributed by atoms with E-state index in [1.807, 2.05) is 24.0 Å². The first-order chi connectivity index (χ1) is 13.4. The summed E-state index contributed by atoms with van der Waals surface area (Å²) in [5.74, 6) is 0.608. The lowest BCUT2D eigenvalue weighted by molar-refractivity contribution is -0.0501. The van der Waals surface area contributed by atoms with Gasteiger partial charge in [-0.2, -0.15) is 19.0 Å². The fourth-order valence-electron chi connectivity index (χ4n) is 4.29. The number of anilines is 1. The van der Waals surface area contributed by atoms with Crippen molar-refractivity contribution in [3.05, 3.63) is 36.0 Å². The van der Waals surface area contributed by atoms with E-state index in [9.17, 15) is 13.6 Å². The first kappa shape index (κ1) is 18.6. The molecule has 2 saturated heterocycles. The summed E-state index contributed by atoms with van der Waals surface area (Å²) in [6.45, 7) is 1.18. The summed E-state index contributed by atoms with van der Waals surface area (Å²) < 4.78 is 29.3. The highest BCUT2D eigenvalue weighted by Crippen LogP contribution is 2.41. The van der Waals surface area contributed by atoms with Gasteiger partial charge in [-0.15, -0.1) is 0 Å². The fraction of sp³-hybridized carbons (Fsp3) is 0.450. The third-order valence-electron chi connectivity index (χ3n) is 5.53. The molecule has 0 aliphatic carbocycles. The standard InChI is InChI=1S/C20H22F2N4O2/c1-11-5-14-8-15(6-11)26(14)20(27)24-13-4-3-12(2)17(7-13)18-9-16(10-23-25-18)28-19(21)22/h3-4,7,9-11,14-15,19H,5-6,8H2,1-2H3,(H,24,27). The molecule has 1 N–H and O–H groups in total. The van der Waals surface area contributed by atoms with Gasteiger partial charge in [0.25, 0.3) is 0 Å². The molecule has 1 aromatic heterocycles. The molecule has 2 atom stereocenters. The molecule has 1 aromatic carbocycles. The van der Waals surface area contributed by atoms with Crippen molar-refractivity contribution in [3.63, 3.8) is 0 Å². The van der Waals surface area contributed by atoms with Gasteiger partial charge in [-0.25, -0.2) is 4.79 Å². The van der Waals surface area contributed by atoms with Crippen LogP contribution in [-0.4, -0.2) is 39.8 Å². The van der Waals surface area contributed by atoms with E-state index in [0.29, 0.717) is 34.9 Å². The number of hydrogen-bond donors (Lipinski definition) is 1. The number of amides is 2. The van der Waals surface area contributed by atoms with Gasteiger partial charge in [0.1, 0.15) is 5.75 Å². The van der Waals surface area contributed by atoms with Crippen LogP contribution in [0.2, 0.25) is 0 Å². The van der Waals surface area contributed by atoms with E-state index >= 15 is 0 Å². The number of nitrogens with one attached hydrogen (secondary N) is 1. The molecule has 4 rings (SSSR count). The van der Waals surface area contributed by atoms with E-state index in [1.54, 1.807) is 6.07 Å². The van der Waals surface area contributed by atoms with Gasteiger partial charge in [0.05, 0.1) is 11.9 Å². The molecule has 0 radical (unpaired) electrons. The molecule has 6 nitrogen and oxygen atoms in total. The van der Waals surface area contributed by atoms with Crippen molar-refractivity contribution in [2.24, 2.45) is 5.92 Å². The Morgan fingerprint density at radius 3 is 2.71 bits per heavy atom. The third-order valence-corrected chi connectivity index (χ3v) is 5.53. The van der Waals surface area contributed by atoms with Crippen LogP contribution in [0, 0.1) is 12.8 Å². The predicted molar refractivity (Wildman–Crippen MR) is 100 cm³/mol. The maximum atomic E-state index is 12.7. The molecular weight excluding hydrogens is 366 g/mol. The largest absolute Gasteiger partial charge is 0.433 e. The number of fused-ring (bicyclic) bond motifs is 2. The van der Waals surface area contributed by atoms with E-state index in [1.165, 1.54) is 6.07 Å². The third kappa shape index (κ3) is 3.63. The van der Waals surface area contributed by atoms with Crippen molar-refractivity contribution < 1.29 is 18.3 Å². The van der Waals surface area contributed by atoms with Crippen LogP contribution in [0.4, 0.5) is 19.3 Å². The summed E-state index contributed by atoms with van der Waals surface area (Å²) in [6, 6.07) is 7.42. The van der Waals surface area contributed by atoms with E-state index < -0.39 is 6.61 Å². The first-order valence-corrected chi connectivity index (χ1v) is 9.38. The number of carbonyl (C=O) groups excluding carboxylic acids is 1. The van der Waals surface area contributed by atoms with E-state index in [4.69, 9.17) is 0 Å². The maximum Gasteiger partial charge on any atom is 0.387 e. The van der Waals surface area contributed by atoms with Gasteiger partial charge in [0.2, 0.25) is 0 Å². The highest BCUT2D eigenvalue weighted by molar-refractivity contribution is 5.91. The number of aromatic nitrogens is 2. The minimum Gasteiger partial charge on any atom is -0.433 e. The predicted octanol–water partition coefficient (Wildman–Crippen LogP) is 4.46. The quantitative estimate of drug-likeness (QED) is 0.840. The summed E-state index contributed by atoms with van der Waals surface area (Å²) in [4.78, 5) is 14.6. The lowest BCUT2D eigenvalue weighted by atomic mass is 9.74. The molecule has 2 amide bonds. The number of alkyl halides is 2. The van der Waals surface area contributed by atoms with Crippen LogP contribution in [-0.2, 0) is 0 Å². The summed E-state index contributed by atoms with van der Waals surface area (Å²) in [6.07, 6.45) is 4.33. The zero-order valence-corrected chi connectivity index (χ0v) is 15.7. The summed E-state index contributed by atoms with van der Waals surface area (Å²) in [7, 11) is 0. The number of hydrogen-bond acceptors (Lipinski definition) is 4. The maximum absolute atomic E-state index is 12.7. The Balaban J connectivity index is 1.52. The van der Waals surface area contributed by atoms with Crippen LogP contribution < -0.4 is 10.1 Å². The number of benzene rings is 1. The second-order valence-electron chi connectivity index (χ2n) is 7.64. The Kier molecular flexibility index (Phi) is 4.87. The van der Waals surface area contributed by atoms with Gasteiger partial charge in [-0.05, 0) is 49.8 Å². The van der Waals surface area contributed by atoms with Crippen molar-refractivity contribution in [2.75, 3.05) is 5.32 Å². The summed E-state index contributed by atoms with van der Waals surface area (Å²) >= 11 is 0. The van der Waals surface area contributed by atoms with E-state index in [2.05, 4.69) is 27.2 Å². The normalized spacial score (nSPS) is 23.3. The van der Waals surface area contributed by atoms with Crippen molar-refractivity contribution in [2.45, 2.75) is 51.8 Å². The van der Waals surface area contributed by atoms with Crippen LogP contribution >= 0.6 is 0 Å². The molecule has 2 bridgehead atoms. The number of urea groups is 1. The van der Waals surface area contributed by atoms with Crippen molar-refractivity contribution in [3.8, 4) is 17.0 Å². The molecule has 2 aliphatic heterocycles. The van der Waals surface area contributed by atoms with Gasteiger partial charge in [-0.1, -0.05) is 13.0 Å². The van der Waals surface area contributed by atoms with Crippen LogP contribution in [0.5, 0.6) is 5.75 Å². The van der Waals surface area contributed by atoms with Gasteiger partial charge in [0.15, 0.2) is 0 Å². The van der Waals surface area contributed by atoms with Gasteiger partial charge in [0, 0.05) is 29.4 Å². The highest BCUT2D eigenvalue weighted by Gasteiger charge is 2.46. The van der Waals surface area contributed by atoms with Gasteiger partial charge < -0.3 is 15.0 Å². The SMILES string of the molecule is Cc1ccc(NC(=O)N2C3CC(C)CC2C3)cc1-c1cc(OC(F)F)cnn1. The van der Waals surface area contributed by atoms with Crippen LogP contribution in [0.25, 0.3) is 11.3 Å². The number of nitrogens with zero attached hydrogens (tertiary/aromatic N) is 3. The van der Waals surface area contributed by atoms with Crippen molar-refractivity contribution >= 4 is 11.7 Å². The van der Waals surface area contributed by atoms with Crippen LogP contribution in [0.1, 0.15) is 31.7 Å². The Hall–Kier alpha value is -2.77. The number of piperidine rings is 1. The zero-order valence-electron chi connectivity index (χ0n) is 15.7. The molecular formula is C20H22F2N4O2. The molecule has 2 aromatic rings. The van der Waals surface area contributed by atoms with Crippen molar-refractivity contribution in [1.29, 1.82) is 0 Å². The van der Waals surface area contributed by atoms with E-state index in [-0.39, 0.29) is 11.8 Å². The fourth-order valence-corrected chi connectivity index (χ4v) is 4.29. The Labute approximate surface area is 161 Å². The number of rotatable bonds is 4. The molecule has 148 valence electrons.